The lowest BCUT2D eigenvalue weighted by Gasteiger charge is -2.24. The third-order valence-corrected chi connectivity index (χ3v) is 4.05. The fourth-order valence-corrected chi connectivity index (χ4v) is 3.14. The minimum absolute atomic E-state index is 0.259. The predicted octanol–water partition coefficient (Wildman–Crippen LogP) is 2.04. The largest absolute Gasteiger partial charge is 0.338 e. The van der Waals surface area contributed by atoms with Crippen molar-refractivity contribution in [1.82, 2.24) is 10.2 Å². The summed E-state index contributed by atoms with van der Waals surface area (Å²) in [6.07, 6.45) is 2.78. The van der Waals surface area contributed by atoms with Crippen LogP contribution in [0.2, 0.25) is 0 Å². The molecular weight excluding hydrogens is 339 g/mol. The first-order valence-corrected chi connectivity index (χ1v) is 7.47. The maximum absolute atomic E-state index is 12.3. The van der Waals surface area contributed by atoms with Gasteiger partial charge in [0.2, 0.25) is 5.91 Å². The average molecular weight is 358 g/mol. The van der Waals surface area contributed by atoms with Crippen LogP contribution in [0.5, 0.6) is 0 Å². The minimum Gasteiger partial charge on any atom is -0.338 e. The summed E-state index contributed by atoms with van der Waals surface area (Å²) in [7, 11) is 1.94. The number of amides is 1. The summed E-state index contributed by atoms with van der Waals surface area (Å²) in [6, 6.07) is 8.56. The molecule has 1 atom stereocenters. The number of carbonyl (C=O) groups is 1. The maximum Gasteiger partial charge on any atom is 0.227 e. The fourth-order valence-electron chi connectivity index (χ4n) is 2.53. The topological polar surface area (TPSA) is 32.3 Å². The molecule has 2 rings (SSSR count). The number of likely N-dealkylation sites (N-methyl/N-ethyl adjacent to an activating group) is 1. The van der Waals surface area contributed by atoms with Crippen LogP contribution in [0, 0.1) is 3.57 Å². The van der Waals surface area contributed by atoms with Crippen LogP contribution in [0.25, 0.3) is 0 Å². The van der Waals surface area contributed by atoms with E-state index < -0.39 is 0 Å². The zero-order chi connectivity index (χ0) is 13.0. The number of nitrogens with one attached hydrogen (secondary N) is 1. The molecule has 1 heterocycles. The highest BCUT2D eigenvalue weighted by Gasteiger charge is 2.27. The second kappa shape index (κ2) is 6.52. The second-order valence-corrected chi connectivity index (χ2v) is 5.99. The maximum atomic E-state index is 12.3. The number of hydrogen-bond donors (Lipinski definition) is 1. The molecule has 1 aromatic carbocycles. The van der Waals surface area contributed by atoms with E-state index >= 15 is 0 Å². The molecule has 1 fully saturated rings. The van der Waals surface area contributed by atoms with Crippen LogP contribution in [0.1, 0.15) is 18.4 Å². The molecule has 1 saturated heterocycles. The van der Waals surface area contributed by atoms with E-state index in [1.807, 2.05) is 30.1 Å². The number of hydrogen-bond acceptors (Lipinski definition) is 2. The third kappa shape index (κ3) is 3.45. The molecule has 0 aromatic heterocycles. The van der Waals surface area contributed by atoms with E-state index in [-0.39, 0.29) is 5.91 Å². The van der Waals surface area contributed by atoms with Crippen molar-refractivity contribution in [1.29, 1.82) is 0 Å². The Morgan fingerprint density at radius 3 is 3.11 bits per heavy atom. The highest BCUT2D eigenvalue weighted by Crippen LogP contribution is 2.18. The van der Waals surface area contributed by atoms with Crippen molar-refractivity contribution in [3.05, 3.63) is 33.4 Å². The van der Waals surface area contributed by atoms with E-state index in [0.717, 1.165) is 31.5 Å². The molecule has 1 amide bonds. The molecule has 0 saturated carbocycles. The van der Waals surface area contributed by atoms with Crippen molar-refractivity contribution in [2.75, 3.05) is 20.1 Å². The van der Waals surface area contributed by atoms with Crippen molar-refractivity contribution in [2.24, 2.45) is 0 Å². The van der Waals surface area contributed by atoms with Crippen molar-refractivity contribution >= 4 is 28.5 Å². The molecule has 0 spiro atoms. The zero-order valence-corrected chi connectivity index (χ0v) is 12.8. The van der Waals surface area contributed by atoms with Gasteiger partial charge in [-0.25, -0.2) is 0 Å². The van der Waals surface area contributed by atoms with E-state index in [9.17, 15) is 4.79 Å². The van der Waals surface area contributed by atoms with Gasteiger partial charge in [0.15, 0.2) is 0 Å². The molecule has 0 radical (unpaired) electrons. The summed E-state index contributed by atoms with van der Waals surface area (Å²) in [5, 5.41) is 3.17. The zero-order valence-electron chi connectivity index (χ0n) is 10.7. The summed E-state index contributed by atoms with van der Waals surface area (Å²) in [4.78, 5) is 14.3. The number of nitrogens with zero attached hydrogens (tertiary/aromatic N) is 1. The molecule has 1 aliphatic rings. The lowest BCUT2D eigenvalue weighted by atomic mass is 10.1. The minimum atomic E-state index is 0.259. The molecule has 0 bridgehead atoms. The second-order valence-electron chi connectivity index (χ2n) is 4.75. The Hall–Kier alpha value is -0.620. The molecule has 1 unspecified atom stereocenters. The van der Waals surface area contributed by atoms with Gasteiger partial charge >= 0.3 is 0 Å². The quantitative estimate of drug-likeness (QED) is 0.836. The van der Waals surface area contributed by atoms with Crippen LogP contribution in [0.15, 0.2) is 24.3 Å². The lowest BCUT2D eigenvalue weighted by molar-refractivity contribution is -0.131. The van der Waals surface area contributed by atoms with Gasteiger partial charge < -0.3 is 10.2 Å². The van der Waals surface area contributed by atoms with Gasteiger partial charge in [0.1, 0.15) is 0 Å². The Bertz CT molecular complexity index is 422. The number of benzene rings is 1. The van der Waals surface area contributed by atoms with E-state index in [0.29, 0.717) is 12.5 Å². The van der Waals surface area contributed by atoms with Crippen molar-refractivity contribution in [3.63, 3.8) is 0 Å². The first-order chi connectivity index (χ1) is 8.70. The molecule has 1 aromatic rings. The Kier molecular flexibility index (Phi) is 5.00. The number of likely N-dealkylation sites (tertiary alicyclic amines) is 1. The SMILES string of the molecule is CNCC1CCCN1C(=O)Cc1cccc(I)c1. The lowest BCUT2D eigenvalue weighted by Crippen LogP contribution is -2.41. The summed E-state index contributed by atoms with van der Waals surface area (Å²) in [5.41, 5.74) is 1.11. The summed E-state index contributed by atoms with van der Waals surface area (Å²) < 4.78 is 1.19. The molecule has 1 aliphatic heterocycles. The Morgan fingerprint density at radius 2 is 2.39 bits per heavy atom. The Balaban J connectivity index is 1.99. The van der Waals surface area contributed by atoms with Crippen LogP contribution >= 0.6 is 22.6 Å². The van der Waals surface area contributed by atoms with Gasteiger partial charge in [0.05, 0.1) is 6.42 Å². The van der Waals surface area contributed by atoms with E-state index in [2.05, 4.69) is 34.0 Å². The summed E-state index contributed by atoms with van der Waals surface area (Å²) >= 11 is 2.28. The first-order valence-electron chi connectivity index (χ1n) is 6.39. The van der Waals surface area contributed by atoms with E-state index in [1.165, 1.54) is 3.57 Å². The van der Waals surface area contributed by atoms with Crippen molar-refractivity contribution in [3.8, 4) is 0 Å². The molecule has 18 heavy (non-hydrogen) atoms. The van der Waals surface area contributed by atoms with E-state index in [1.54, 1.807) is 0 Å². The molecule has 98 valence electrons. The smallest absolute Gasteiger partial charge is 0.227 e. The molecule has 3 nitrogen and oxygen atoms in total. The van der Waals surface area contributed by atoms with Gasteiger partial charge in [0, 0.05) is 22.7 Å². The average Bonchev–Trinajstić information content (AvgIpc) is 2.78. The van der Waals surface area contributed by atoms with Gasteiger partial charge in [-0.2, -0.15) is 0 Å². The monoisotopic (exact) mass is 358 g/mol. The van der Waals surface area contributed by atoms with Crippen LogP contribution < -0.4 is 5.32 Å². The van der Waals surface area contributed by atoms with Gasteiger partial charge in [-0.3, -0.25) is 4.79 Å². The Morgan fingerprint density at radius 1 is 1.56 bits per heavy atom. The number of carbonyl (C=O) groups excluding carboxylic acids is 1. The van der Waals surface area contributed by atoms with Crippen LogP contribution in [-0.4, -0.2) is 37.0 Å². The fraction of sp³-hybridized carbons (Fsp3) is 0.500. The predicted molar refractivity (Wildman–Crippen MR) is 81.5 cm³/mol. The molecular formula is C14H19IN2O. The summed E-state index contributed by atoms with van der Waals surface area (Å²) in [5.74, 6) is 0.259. The van der Waals surface area contributed by atoms with E-state index in [4.69, 9.17) is 0 Å². The highest BCUT2D eigenvalue weighted by atomic mass is 127. The standard InChI is InChI=1S/C14H19IN2O/c1-16-10-13-6-3-7-17(13)14(18)9-11-4-2-5-12(15)8-11/h2,4-5,8,13,16H,3,6-7,9-10H2,1H3. The van der Waals surface area contributed by atoms with Gasteiger partial charge in [-0.05, 0) is 60.2 Å². The first kappa shape index (κ1) is 13.8. The summed E-state index contributed by atoms with van der Waals surface area (Å²) in [6.45, 7) is 1.81. The van der Waals surface area contributed by atoms with Crippen LogP contribution in [0.4, 0.5) is 0 Å². The highest BCUT2D eigenvalue weighted by molar-refractivity contribution is 14.1. The normalized spacial score (nSPS) is 19.2. The van der Waals surface area contributed by atoms with Crippen molar-refractivity contribution < 1.29 is 4.79 Å². The van der Waals surface area contributed by atoms with Crippen LogP contribution in [-0.2, 0) is 11.2 Å². The van der Waals surface area contributed by atoms with Gasteiger partial charge in [0.25, 0.3) is 0 Å². The molecule has 1 N–H and O–H groups in total. The van der Waals surface area contributed by atoms with Crippen LogP contribution in [0.3, 0.4) is 0 Å². The molecule has 0 aliphatic carbocycles. The number of rotatable bonds is 4. The van der Waals surface area contributed by atoms with Gasteiger partial charge in [-0.15, -0.1) is 0 Å². The van der Waals surface area contributed by atoms with Crippen molar-refractivity contribution in [2.45, 2.75) is 25.3 Å². The number of halogens is 1. The molecule has 4 heteroatoms. The Labute approximate surface area is 122 Å². The third-order valence-electron chi connectivity index (χ3n) is 3.38. The van der Waals surface area contributed by atoms with Gasteiger partial charge in [-0.1, -0.05) is 12.1 Å².